The summed E-state index contributed by atoms with van der Waals surface area (Å²) < 4.78 is 0. The highest BCUT2D eigenvalue weighted by molar-refractivity contribution is 4.76. The summed E-state index contributed by atoms with van der Waals surface area (Å²) in [6.45, 7) is 10.2. The molecule has 2 rings (SSSR count). The maximum Gasteiger partial charge on any atom is 0.00674 e. The molecule has 2 heterocycles. The van der Waals surface area contributed by atoms with Crippen molar-refractivity contribution in [2.75, 3.05) is 26.2 Å². The number of hydrogen-bond donors (Lipinski definition) is 0. The zero-order valence-corrected chi connectivity index (χ0v) is 11.8. The van der Waals surface area contributed by atoms with Gasteiger partial charge in [0, 0.05) is 12.1 Å². The summed E-state index contributed by atoms with van der Waals surface area (Å²) in [4.78, 5) is 5.36. The summed E-state index contributed by atoms with van der Waals surface area (Å²) in [5, 5.41) is 0. The van der Waals surface area contributed by atoms with Crippen LogP contribution in [0.4, 0.5) is 0 Å². The van der Waals surface area contributed by atoms with Gasteiger partial charge in [0.1, 0.15) is 0 Å². The Hall–Kier alpha value is -0.0800. The van der Waals surface area contributed by atoms with Gasteiger partial charge in [-0.15, -0.1) is 0 Å². The zero-order chi connectivity index (χ0) is 12.1. The van der Waals surface area contributed by atoms with Crippen LogP contribution in [0.1, 0.15) is 58.8 Å². The predicted molar refractivity (Wildman–Crippen MR) is 74.4 cm³/mol. The lowest BCUT2D eigenvalue weighted by Gasteiger charge is -2.22. The van der Waals surface area contributed by atoms with Crippen LogP contribution in [-0.4, -0.2) is 48.1 Å². The van der Waals surface area contributed by atoms with Crippen LogP contribution in [0.15, 0.2) is 0 Å². The molecule has 0 aromatic carbocycles. The second-order valence-electron chi connectivity index (χ2n) is 6.12. The first-order valence-electron chi connectivity index (χ1n) is 7.75. The van der Waals surface area contributed by atoms with E-state index in [2.05, 4.69) is 23.6 Å². The molecule has 2 nitrogen and oxygen atoms in total. The molecule has 0 bridgehead atoms. The first-order valence-corrected chi connectivity index (χ1v) is 7.75. The molecule has 17 heavy (non-hydrogen) atoms. The van der Waals surface area contributed by atoms with Crippen LogP contribution >= 0.6 is 0 Å². The zero-order valence-electron chi connectivity index (χ0n) is 11.8. The van der Waals surface area contributed by atoms with Gasteiger partial charge >= 0.3 is 0 Å². The van der Waals surface area contributed by atoms with Crippen LogP contribution in [0.2, 0.25) is 0 Å². The van der Waals surface area contributed by atoms with Crippen molar-refractivity contribution >= 4 is 0 Å². The van der Waals surface area contributed by atoms with Gasteiger partial charge in [0.05, 0.1) is 0 Å². The summed E-state index contributed by atoms with van der Waals surface area (Å²) in [5.41, 5.74) is 0. The summed E-state index contributed by atoms with van der Waals surface area (Å²) in [6, 6.07) is 1.71. The fourth-order valence-corrected chi connectivity index (χ4v) is 3.46. The van der Waals surface area contributed by atoms with Crippen molar-refractivity contribution in [3.63, 3.8) is 0 Å². The van der Waals surface area contributed by atoms with Crippen LogP contribution in [0.25, 0.3) is 0 Å². The fraction of sp³-hybridized carbons (Fsp3) is 1.00. The van der Waals surface area contributed by atoms with E-state index in [9.17, 15) is 0 Å². The Morgan fingerprint density at radius 1 is 0.765 bits per heavy atom. The Kier molecular flexibility index (Phi) is 5.30. The minimum Gasteiger partial charge on any atom is -0.301 e. The van der Waals surface area contributed by atoms with Gasteiger partial charge in [-0.25, -0.2) is 0 Å². The standard InChI is InChI=1S/C15H30N2/c1-14-8-6-12-16(14)10-4-3-5-11-17-13-7-9-15(17)2/h14-15H,3-13H2,1-2H3. The Morgan fingerprint density at radius 3 is 1.59 bits per heavy atom. The normalized spacial score (nSPS) is 31.4. The first kappa shape index (κ1) is 13.4. The molecule has 2 unspecified atom stereocenters. The molecule has 2 fully saturated rings. The van der Waals surface area contributed by atoms with Gasteiger partial charge in [0.15, 0.2) is 0 Å². The predicted octanol–water partition coefficient (Wildman–Crippen LogP) is 3.13. The van der Waals surface area contributed by atoms with E-state index in [1.807, 2.05) is 0 Å². The lowest BCUT2D eigenvalue weighted by atomic mass is 10.2. The summed E-state index contributed by atoms with van der Waals surface area (Å²) in [7, 11) is 0. The fourth-order valence-electron chi connectivity index (χ4n) is 3.46. The van der Waals surface area contributed by atoms with Gasteiger partial charge < -0.3 is 9.80 Å². The van der Waals surface area contributed by atoms with Crippen molar-refractivity contribution in [3.8, 4) is 0 Å². The smallest absolute Gasteiger partial charge is 0.00674 e. The number of rotatable bonds is 6. The molecule has 2 aliphatic heterocycles. The Morgan fingerprint density at radius 2 is 1.24 bits per heavy atom. The third-order valence-electron chi connectivity index (χ3n) is 4.77. The Bertz CT molecular complexity index is 195. The number of unbranched alkanes of at least 4 members (excludes halogenated alkanes) is 2. The lowest BCUT2D eigenvalue weighted by Crippen LogP contribution is -2.29. The summed E-state index contributed by atoms with van der Waals surface area (Å²) >= 11 is 0. The minimum absolute atomic E-state index is 0.855. The largest absolute Gasteiger partial charge is 0.301 e. The molecule has 2 heteroatoms. The van der Waals surface area contributed by atoms with E-state index >= 15 is 0 Å². The van der Waals surface area contributed by atoms with Gasteiger partial charge in [-0.2, -0.15) is 0 Å². The minimum atomic E-state index is 0.855. The molecule has 0 amide bonds. The Labute approximate surface area is 107 Å². The molecule has 2 atom stereocenters. The highest BCUT2D eigenvalue weighted by Crippen LogP contribution is 2.18. The van der Waals surface area contributed by atoms with Gasteiger partial charge in [-0.05, 0) is 78.6 Å². The van der Waals surface area contributed by atoms with Crippen LogP contribution in [-0.2, 0) is 0 Å². The molecule has 0 aromatic rings. The molecule has 0 radical (unpaired) electrons. The molecule has 0 aliphatic carbocycles. The SMILES string of the molecule is CC1CCCN1CCCCCN1CCCC1C. The van der Waals surface area contributed by atoms with E-state index in [4.69, 9.17) is 0 Å². The highest BCUT2D eigenvalue weighted by atomic mass is 15.2. The molecule has 100 valence electrons. The van der Waals surface area contributed by atoms with E-state index in [-0.39, 0.29) is 0 Å². The van der Waals surface area contributed by atoms with Crippen molar-refractivity contribution < 1.29 is 0 Å². The molecular weight excluding hydrogens is 208 g/mol. The van der Waals surface area contributed by atoms with Crippen molar-refractivity contribution in [3.05, 3.63) is 0 Å². The van der Waals surface area contributed by atoms with Crippen molar-refractivity contribution in [2.24, 2.45) is 0 Å². The highest BCUT2D eigenvalue weighted by Gasteiger charge is 2.20. The maximum atomic E-state index is 2.68. The summed E-state index contributed by atoms with van der Waals surface area (Å²) in [5.74, 6) is 0. The van der Waals surface area contributed by atoms with Crippen molar-refractivity contribution in [2.45, 2.75) is 70.9 Å². The summed E-state index contributed by atoms with van der Waals surface area (Å²) in [6.07, 6.45) is 9.93. The van der Waals surface area contributed by atoms with Crippen LogP contribution < -0.4 is 0 Å². The topological polar surface area (TPSA) is 6.48 Å². The van der Waals surface area contributed by atoms with E-state index in [1.54, 1.807) is 0 Å². The van der Waals surface area contributed by atoms with Gasteiger partial charge in [-0.1, -0.05) is 6.42 Å². The number of likely N-dealkylation sites (tertiary alicyclic amines) is 2. The molecule has 0 spiro atoms. The second kappa shape index (κ2) is 6.75. The van der Waals surface area contributed by atoms with E-state index in [0.29, 0.717) is 0 Å². The van der Waals surface area contributed by atoms with E-state index < -0.39 is 0 Å². The van der Waals surface area contributed by atoms with Gasteiger partial charge in [0.2, 0.25) is 0 Å². The van der Waals surface area contributed by atoms with Crippen LogP contribution in [0.5, 0.6) is 0 Å². The molecule has 0 N–H and O–H groups in total. The first-order chi connectivity index (χ1) is 8.27. The van der Waals surface area contributed by atoms with Crippen molar-refractivity contribution in [1.82, 2.24) is 9.80 Å². The third kappa shape index (κ3) is 3.96. The third-order valence-corrected chi connectivity index (χ3v) is 4.77. The van der Waals surface area contributed by atoms with E-state index in [1.165, 1.54) is 71.1 Å². The lowest BCUT2D eigenvalue weighted by molar-refractivity contribution is 0.245. The monoisotopic (exact) mass is 238 g/mol. The maximum absolute atomic E-state index is 2.68. The molecular formula is C15H30N2. The average molecular weight is 238 g/mol. The van der Waals surface area contributed by atoms with Gasteiger partial charge in [-0.3, -0.25) is 0 Å². The quantitative estimate of drug-likeness (QED) is 0.656. The molecule has 0 aromatic heterocycles. The number of nitrogens with zero attached hydrogens (tertiary/aromatic N) is 2. The molecule has 0 saturated carbocycles. The number of hydrogen-bond acceptors (Lipinski definition) is 2. The Balaban J connectivity index is 1.49. The molecule has 2 saturated heterocycles. The van der Waals surface area contributed by atoms with Gasteiger partial charge in [0.25, 0.3) is 0 Å². The molecule has 2 aliphatic rings. The van der Waals surface area contributed by atoms with Crippen LogP contribution in [0, 0.1) is 0 Å². The van der Waals surface area contributed by atoms with Crippen molar-refractivity contribution in [1.29, 1.82) is 0 Å². The van der Waals surface area contributed by atoms with E-state index in [0.717, 1.165) is 12.1 Å². The second-order valence-corrected chi connectivity index (χ2v) is 6.12. The van der Waals surface area contributed by atoms with Crippen LogP contribution in [0.3, 0.4) is 0 Å². The average Bonchev–Trinajstić information content (AvgIpc) is 2.89.